The summed E-state index contributed by atoms with van der Waals surface area (Å²) in [6.07, 6.45) is 1.76. The fraction of sp³-hybridized carbons (Fsp3) is 0.545. The van der Waals surface area contributed by atoms with E-state index in [-0.39, 0.29) is 6.04 Å². The highest BCUT2D eigenvalue weighted by molar-refractivity contribution is 9.10. The molecule has 1 saturated heterocycles. The molecule has 0 spiro atoms. The summed E-state index contributed by atoms with van der Waals surface area (Å²) in [5, 5.41) is 9.09. The lowest BCUT2D eigenvalue weighted by Gasteiger charge is -2.20. The van der Waals surface area contributed by atoms with Crippen molar-refractivity contribution < 1.29 is 9.90 Å². The van der Waals surface area contributed by atoms with E-state index < -0.39 is 5.97 Å². The van der Waals surface area contributed by atoms with E-state index in [2.05, 4.69) is 33.8 Å². The van der Waals surface area contributed by atoms with Crippen molar-refractivity contribution in [2.24, 2.45) is 0 Å². The molecule has 1 aromatic rings. The van der Waals surface area contributed by atoms with Gasteiger partial charge in [-0.05, 0) is 48.3 Å². The summed E-state index contributed by atoms with van der Waals surface area (Å²) in [6.45, 7) is 3.70. The molecule has 1 aliphatic heterocycles. The Morgan fingerprint density at radius 3 is 3.06 bits per heavy atom. The topological polar surface area (TPSA) is 40.5 Å². The van der Waals surface area contributed by atoms with Crippen LogP contribution in [0.2, 0.25) is 0 Å². The van der Waals surface area contributed by atoms with Gasteiger partial charge in [0, 0.05) is 20.8 Å². The van der Waals surface area contributed by atoms with Crippen molar-refractivity contribution in [3.05, 3.63) is 20.3 Å². The Balaban J connectivity index is 2.09. The molecule has 0 bridgehead atoms. The third-order valence-corrected chi connectivity index (χ3v) is 4.88. The maximum absolute atomic E-state index is 11.0. The van der Waals surface area contributed by atoms with Gasteiger partial charge in [0.05, 0.1) is 0 Å². The lowest BCUT2D eigenvalue weighted by Crippen LogP contribution is -2.35. The zero-order chi connectivity index (χ0) is 11.7. The first-order chi connectivity index (χ1) is 7.58. The first-order valence-corrected chi connectivity index (χ1v) is 6.90. The van der Waals surface area contributed by atoms with Gasteiger partial charge in [-0.3, -0.25) is 9.69 Å². The maximum atomic E-state index is 11.0. The van der Waals surface area contributed by atoms with Crippen molar-refractivity contribution in [2.75, 3.05) is 6.54 Å². The molecule has 0 saturated carbocycles. The van der Waals surface area contributed by atoms with Gasteiger partial charge in [0.25, 0.3) is 0 Å². The number of carboxylic acids is 1. The summed E-state index contributed by atoms with van der Waals surface area (Å²) in [5.41, 5.74) is 0. The van der Waals surface area contributed by atoms with Gasteiger partial charge >= 0.3 is 5.97 Å². The van der Waals surface area contributed by atoms with Gasteiger partial charge in [0.2, 0.25) is 0 Å². The van der Waals surface area contributed by atoms with Crippen LogP contribution in [0.25, 0.3) is 0 Å². The first kappa shape index (κ1) is 12.1. The summed E-state index contributed by atoms with van der Waals surface area (Å²) >= 11 is 5.25. The minimum Gasteiger partial charge on any atom is -0.480 e. The largest absolute Gasteiger partial charge is 0.480 e. The molecule has 2 heterocycles. The van der Waals surface area contributed by atoms with Crippen molar-refractivity contribution in [1.82, 2.24) is 4.90 Å². The Labute approximate surface area is 107 Å². The molecule has 0 radical (unpaired) electrons. The number of carboxylic acid groups (broad SMARTS) is 1. The Bertz CT molecular complexity index is 405. The molecule has 1 unspecified atom stereocenters. The van der Waals surface area contributed by atoms with Crippen LogP contribution in [0.3, 0.4) is 0 Å². The highest BCUT2D eigenvalue weighted by Gasteiger charge is 2.30. The zero-order valence-electron chi connectivity index (χ0n) is 9.07. The summed E-state index contributed by atoms with van der Waals surface area (Å²) < 4.78 is 1.10. The lowest BCUT2D eigenvalue weighted by atomic mass is 10.2. The van der Waals surface area contributed by atoms with E-state index in [0.717, 1.165) is 30.4 Å². The average Bonchev–Trinajstić information content (AvgIpc) is 2.75. The molecule has 5 heteroatoms. The predicted octanol–water partition coefficient (Wildman–Crippen LogP) is 2.87. The smallest absolute Gasteiger partial charge is 0.320 e. The van der Waals surface area contributed by atoms with Crippen molar-refractivity contribution >= 4 is 33.2 Å². The molecule has 0 amide bonds. The molecule has 1 fully saturated rings. The second-order valence-corrected chi connectivity index (χ2v) is 6.29. The number of halogens is 1. The number of hydrogen-bond donors (Lipinski definition) is 1. The summed E-state index contributed by atoms with van der Waals surface area (Å²) in [4.78, 5) is 15.6. The highest BCUT2D eigenvalue weighted by Crippen LogP contribution is 2.30. The van der Waals surface area contributed by atoms with Gasteiger partial charge in [-0.2, -0.15) is 0 Å². The van der Waals surface area contributed by atoms with Crippen LogP contribution in [-0.4, -0.2) is 28.6 Å². The van der Waals surface area contributed by atoms with Crippen LogP contribution in [-0.2, 0) is 11.3 Å². The molecule has 1 N–H and O–H groups in total. The van der Waals surface area contributed by atoms with Crippen LogP contribution < -0.4 is 0 Å². The van der Waals surface area contributed by atoms with E-state index in [4.69, 9.17) is 5.11 Å². The fourth-order valence-corrected chi connectivity index (χ4v) is 3.93. The van der Waals surface area contributed by atoms with Crippen molar-refractivity contribution in [3.63, 3.8) is 0 Å². The standard InChI is InChI=1S/C11H14BrNO2S/c1-7-5-8(12)10(16-7)6-13-4-2-3-9(13)11(14)15/h5,9H,2-4,6H2,1H3,(H,14,15). The molecule has 0 aliphatic carbocycles. The van der Waals surface area contributed by atoms with Crippen LogP contribution in [0.1, 0.15) is 22.6 Å². The minimum absolute atomic E-state index is 0.297. The fourth-order valence-electron chi connectivity index (χ4n) is 2.12. The number of rotatable bonds is 3. The summed E-state index contributed by atoms with van der Waals surface area (Å²) in [6, 6.07) is 1.79. The second kappa shape index (κ2) is 4.85. The molecule has 1 aromatic heterocycles. The van der Waals surface area contributed by atoms with Crippen LogP contribution in [0.4, 0.5) is 0 Å². The van der Waals surface area contributed by atoms with E-state index in [9.17, 15) is 4.79 Å². The van der Waals surface area contributed by atoms with Crippen LogP contribution in [0.15, 0.2) is 10.5 Å². The number of carbonyl (C=O) groups is 1. The molecule has 1 atom stereocenters. The Morgan fingerprint density at radius 2 is 2.50 bits per heavy atom. The predicted molar refractivity (Wildman–Crippen MR) is 67.8 cm³/mol. The Hall–Kier alpha value is -0.390. The molecule has 2 rings (SSSR count). The number of aryl methyl sites for hydroxylation is 1. The number of hydrogen-bond acceptors (Lipinski definition) is 3. The Morgan fingerprint density at radius 1 is 1.75 bits per heavy atom. The monoisotopic (exact) mass is 303 g/mol. The van der Waals surface area contributed by atoms with Gasteiger partial charge in [0.1, 0.15) is 6.04 Å². The van der Waals surface area contributed by atoms with E-state index in [0.29, 0.717) is 0 Å². The molecule has 3 nitrogen and oxygen atoms in total. The van der Waals surface area contributed by atoms with Crippen molar-refractivity contribution in [2.45, 2.75) is 32.4 Å². The zero-order valence-corrected chi connectivity index (χ0v) is 11.5. The third kappa shape index (κ3) is 2.47. The van der Waals surface area contributed by atoms with Gasteiger partial charge in [-0.25, -0.2) is 0 Å². The van der Waals surface area contributed by atoms with Gasteiger partial charge in [-0.15, -0.1) is 11.3 Å². The van der Waals surface area contributed by atoms with E-state index in [1.165, 1.54) is 9.75 Å². The normalized spacial score (nSPS) is 21.5. The SMILES string of the molecule is Cc1cc(Br)c(CN2CCCC2C(=O)O)s1. The van der Waals surface area contributed by atoms with E-state index >= 15 is 0 Å². The minimum atomic E-state index is -0.693. The number of nitrogens with zero attached hydrogens (tertiary/aromatic N) is 1. The van der Waals surface area contributed by atoms with Gasteiger partial charge < -0.3 is 5.11 Å². The number of thiophene rings is 1. The van der Waals surface area contributed by atoms with Crippen LogP contribution in [0, 0.1) is 6.92 Å². The highest BCUT2D eigenvalue weighted by atomic mass is 79.9. The molecular formula is C11H14BrNO2S. The van der Waals surface area contributed by atoms with Gasteiger partial charge in [0.15, 0.2) is 0 Å². The van der Waals surface area contributed by atoms with Crippen molar-refractivity contribution in [3.8, 4) is 0 Å². The van der Waals surface area contributed by atoms with Crippen LogP contribution >= 0.6 is 27.3 Å². The number of aliphatic carboxylic acids is 1. The van der Waals surface area contributed by atoms with E-state index in [1.807, 2.05) is 0 Å². The van der Waals surface area contributed by atoms with Gasteiger partial charge in [-0.1, -0.05) is 0 Å². The van der Waals surface area contributed by atoms with Crippen molar-refractivity contribution in [1.29, 1.82) is 0 Å². The molecule has 1 aliphatic rings. The maximum Gasteiger partial charge on any atom is 0.320 e. The Kier molecular flexibility index (Phi) is 3.66. The molecule has 16 heavy (non-hydrogen) atoms. The number of likely N-dealkylation sites (tertiary alicyclic amines) is 1. The quantitative estimate of drug-likeness (QED) is 0.933. The second-order valence-electron chi connectivity index (χ2n) is 4.09. The van der Waals surface area contributed by atoms with E-state index in [1.54, 1.807) is 11.3 Å². The lowest BCUT2D eigenvalue weighted by molar-refractivity contribution is -0.142. The molecular weight excluding hydrogens is 290 g/mol. The summed E-state index contributed by atoms with van der Waals surface area (Å²) in [7, 11) is 0. The average molecular weight is 304 g/mol. The molecule has 0 aromatic carbocycles. The van der Waals surface area contributed by atoms with Crippen LogP contribution in [0.5, 0.6) is 0 Å². The summed E-state index contributed by atoms with van der Waals surface area (Å²) in [5.74, 6) is -0.693. The third-order valence-electron chi connectivity index (χ3n) is 2.88. The molecule has 88 valence electrons. The first-order valence-electron chi connectivity index (χ1n) is 5.29.